The molecule has 5 nitrogen and oxygen atoms in total. The fourth-order valence-corrected chi connectivity index (χ4v) is 2.08. The molecule has 0 aliphatic rings. The molecule has 0 aliphatic carbocycles. The van der Waals surface area contributed by atoms with E-state index in [1.54, 1.807) is 36.4 Å². The van der Waals surface area contributed by atoms with Crippen LogP contribution in [0.15, 0.2) is 48.5 Å². The number of halogens is 1. The number of carbonyl (C=O) groups excluding carboxylic acids is 2. The second kappa shape index (κ2) is 8.19. The predicted molar refractivity (Wildman–Crippen MR) is 89.5 cm³/mol. The summed E-state index contributed by atoms with van der Waals surface area (Å²) in [7, 11) is 1.52. The molecular weight excluding hydrogens is 316 g/mol. The maximum absolute atomic E-state index is 11.9. The summed E-state index contributed by atoms with van der Waals surface area (Å²) in [6.45, 7) is 0.345. The molecule has 0 heterocycles. The van der Waals surface area contributed by atoms with Crippen LogP contribution in [0.3, 0.4) is 0 Å². The first-order valence-corrected chi connectivity index (χ1v) is 7.40. The quantitative estimate of drug-likeness (QED) is 0.799. The molecule has 0 saturated heterocycles. The van der Waals surface area contributed by atoms with Crippen LogP contribution in [0.5, 0.6) is 5.75 Å². The lowest BCUT2D eigenvalue weighted by Crippen LogP contribution is -2.27. The van der Waals surface area contributed by atoms with Crippen LogP contribution in [-0.4, -0.2) is 18.9 Å². The molecule has 2 N–H and O–H groups in total. The summed E-state index contributed by atoms with van der Waals surface area (Å²) in [5, 5.41) is 5.98. The number of hydrogen-bond acceptors (Lipinski definition) is 3. The standard InChI is InChI=1S/C17H17ClN2O3/c1-23-15-5-3-2-4-14(15)20-17(22)10-16(21)19-11-12-6-8-13(18)9-7-12/h2-9H,10-11H2,1H3,(H,19,21)(H,20,22). The highest BCUT2D eigenvalue weighted by Crippen LogP contribution is 2.22. The summed E-state index contributed by atoms with van der Waals surface area (Å²) in [6, 6.07) is 14.1. The van der Waals surface area contributed by atoms with Crippen molar-refractivity contribution < 1.29 is 14.3 Å². The van der Waals surface area contributed by atoms with Crippen LogP contribution in [0, 0.1) is 0 Å². The first kappa shape index (κ1) is 16.8. The minimum atomic E-state index is -0.400. The Balaban J connectivity index is 1.82. The van der Waals surface area contributed by atoms with E-state index in [-0.39, 0.29) is 12.3 Å². The van der Waals surface area contributed by atoms with Gasteiger partial charge < -0.3 is 15.4 Å². The van der Waals surface area contributed by atoms with E-state index >= 15 is 0 Å². The van der Waals surface area contributed by atoms with Crippen molar-refractivity contribution in [3.05, 3.63) is 59.1 Å². The highest BCUT2D eigenvalue weighted by Gasteiger charge is 2.11. The molecule has 2 aromatic carbocycles. The second-order valence-electron chi connectivity index (χ2n) is 4.83. The van der Waals surface area contributed by atoms with Gasteiger partial charge in [-0.15, -0.1) is 0 Å². The van der Waals surface area contributed by atoms with Crippen molar-refractivity contribution in [2.45, 2.75) is 13.0 Å². The van der Waals surface area contributed by atoms with Crippen LogP contribution in [0.25, 0.3) is 0 Å². The molecule has 2 aromatic rings. The van der Waals surface area contributed by atoms with E-state index in [2.05, 4.69) is 10.6 Å². The number of ether oxygens (including phenoxy) is 1. The van der Waals surface area contributed by atoms with Gasteiger partial charge in [-0.2, -0.15) is 0 Å². The number of nitrogens with one attached hydrogen (secondary N) is 2. The fraction of sp³-hybridized carbons (Fsp3) is 0.176. The van der Waals surface area contributed by atoms with E-state index in [0.29, 0.717) is 23.0 Å². The number of carbonyl (C=O) groups is 2. The van der Waals surface area contributed by atoms with Gasteiger partial charge in [-0.25, -0.2) is 0 Å². The average molecular weight is 333 g/mol. The lowest BCUT2D eigenvalue weighted by atomic mass is 10.2. The molecule has 0 aliphatic heterocycles. The summed E-state index contributed by atoms with van der Waals surface area (Å²) in [5.41, 5.74) is 1.44. The van der Waals surface area contributed by atoms with Crippen molar-refractivity contribution in [1.82, 2.24) is 5.32 Å². The maximum Gasteiger partial charge on any atom is 0.233 e. The smallest absolute Gasteiger partial charge is 0.233 e. The molecule has 120 valence electrons. The summed E-state index contributed by atoms with van der Waals surface area (Å²) in [4.78, 5) is 23.7. The third kappa shape index (κ3) is 5.30. The van der Waals surface area contributed by atoms with Crippen molar-refractivity contribution >= 4 is 29.1 Å². The molecule has 0 bridgehead atoms. The summed E-state index contributed by atoms with van der Waals surface area (Å²) in [6.07, 6.45) is -0.258. The fourth-order valence-electron chi connectivity index (χ4n) is 1.95. The molecule has 0 saturated carbocycles. The Hall–Kier alpha value is -2.53. The van der Waals surface area contributed by atoms with Crippen molar-refractivity contribution in [3.8, 4) is 5.75 Å². The third-order valence-electron chi connectivity index (χ3n) is 3.11. The van der Waals surface area contributed by atoms with Gasteiger partial charge in [0.2, 0.25) is 11.8 Å². The van der Waals surface area contributed by atoms with Crippen molar-refractivity contribution in [3.63, 3.8) is 0 Å². The van der Waals surface area contributed by atoms with E-state index in [4.69, 9.17) is 16.3 Å². The predicted octanol–water partition coefficient (Wildman–Crippen LogP) is 2.99. The van der Waals surface area contributed by atoms with Crippen molar-refractivity contribution in [2.75, 3.05) is 12.4 Å². The SMILES string of the molecule is COc1ccccc1NC(=O)CC(=O)NCc1ccc(Cl)cc1. The normalized spacial score (nSPS) is 10.0. The molecule has 2 amide bonds. The van der Waals surface area contributed by atoms with Crippen LogP contribution in [0.2, 0.25) is 5.02 Å². The number of hydrogen-bond donors (Lipinski definition) is 2. The molecular formula is C17H17ClN2O3. The van der Waals surface area contributed by atoms with E-state index in [0.717, 1.165) is 5.56 Å². The maximum atomic E-state index is 11.9. The Morgan fingerprint density at radius 3 is 2.43 bits per heavy atom. The van der Waals surface area contributed by atoms with Gasteiger partial charge >= 0.3 is 0 Å². The lowest BCUT2D eigenvalue weighted by molar-refractivity contribution is -0.126. The highest BCUT2D eigenvalue weighted by atomic mass is 35.5. The number of amides is 2. The molecule has 0 spiro atoms. The second-order valence-corrected chi connectivity index (χ2v) is 5.26. The van der Waals surface area contributed by atoms with E-state index < -0.39 is 5.91 Å². The Kier molecular flexibility index (Phi) is 6.00. The topological polar surface area (TPSA) is 67.4 Å². The number of benzene rings is 2. The number of rotatable bonds is 6. The Morgan fingerprint density at radius 2 is 1.74 bits per heavy atom. The van der Waals surface area contributed by atoms with Crippen molar-refractivity contribution in [2.24, 2.45) is 0 Å². The number of anilines is 1. The number of methoxy groups -OCH3 is 1. The van der Waals surface area contributed by atoms with Gasteiger partial charge in [-0.3, -0.25) is 9.59 Å². The van der Waals surface area contributed by atoms with Gasteiger partial charge in [0.15, 0.2) is 0 Å². The third-order valence-corrected chi connectivity index (χ3v) is 3.36. The largest absolute Gasteiger partial charge is 0.495 e. The minimum absolute atomic E-state index is 0.258. The van der Waals surface area contributed by atoms with Gasteiger partial charge in [-0.1, -0.05) is 35.9 Å². The van der Waals surface area contributed by atoms with E-state index in [1.165, 1.54) is 7.11 Å². The zero-order valence-corrected chi connectivity index (χ0v) is 13.4. The van der Waals surface area contributed by atoms with Gasteiger partial charge in [0.05, 0.1) is 12.8 Å². The zero-order chi connectivity index (χ0) is 16.7. The molecule has 6 heteroatoms. The van der Waals surface area contributed by atoms with Gasteiger partial charge in [-0.05, 0) is 29.8 Å². The summed E-state index contributed by atoms with van der Waals surface area (Å²) < 4.78 is 5.14. The van der Waals surface area contributed by atoms with Crippen LogP contribution >= 0.6 is 11.6 Å². The average Bonchev–Trinajstić information content (AvgIpc) is 2.54. The molecule has 23 heavy (non-hydrogen) atoms. The summed E-state index contributed by atoms with van der Waals surface area (Å²) >= 11 is 5.79. The Labute approximate surface area is 139 Å². The molecule has 0 fully saturated rings. The Morgan fingerprint density at radius 1 is 1.04 bits per heavy atom. The first-order chi connectivity index (χ1) is 11.1. The van der Waals surface area contributed by atoms with E-state index in [9.17, 15) is 9.59 Å². The molecule has 0 radical (unpaired) electrons. The molecule has 0 unspecified atom stereocenters. The van der Waals surface area contributed by atoms with Crippen LogP contribution in [0.1, 0.15) is 12.0 Å². The number of para-hydroxylation sites is 2. The van der Waals surface area contributed by atoms with Gasteiger partial charge in [0.25, 0.3) is 0 Å². The lowest BCUT2D eigenvalue weighted by Gasteiger charge is -2.10. The molecule has 0 aromatic heterocycles. The van der Waals surface area contributed by atoms with Gasteiger partial charge in [0.1, 0.15) is 12.2 Å². The van der Waals surface area contributed by atoms with E-state index in [1.807, 2.05) is 12.1 Å². The minimum Gasteiger partial charge on any atom is -0.495 e. The van der Waals surface area contributed by atoms with Crippen LogP contribution in [0.4, 0.5) is 5.69 Å². The van der Waals surface area contributed by atoms with Gasteiger partial charge in [0, 0.05) is 11.6 Å². The van der Waals surface area contributed by atoms with Crippen LogP contribution in [-0.2, 0) is 16.1 Å². The van der Waals surface area contributed by atoms with Crippen molar-refractivity contribution in [1.29, 1.82) is 0 Å². The Bertz CT molecular complexity index is 686. The first-order valence-electron chi connectivity index (χ1n) is 7.02. The molecule has 0 atom stereocenters. The molecule has 2 rings (SSSR count). The zero-order valence-electron chi connectivity index (χ0n) is 12.6. The van der Waals surface area contributed by atoms with Crippen LogP contribution < -0.4 is 15.4 Å². The summed E-state index contributed by atoms with van der Waals surface area (Å²) in [5.74, 6) is -0.210. The highest BCUT2D eigenvalue weighted by molar-refractivity contribution is 6.30. The monoisotopic (exact) mass is 332 g/mol.